The van der Waals surface area contributed by atoms with Gasteiger partial charge < -0.3 is 9.47 Å². The number of hydrogen-bond acceptors (Lipinski definition) is 7. The molecule has 0 aromatic heterocycles. The first kappa shape index (κ1) is 21.1. The van der Waals surface area contributed by atoms with Crippen molar-refractivity contribution >= 4 is 28.4 Å². The van der Waals surface area contributed by atoms with Gasteiger partial charge in [0.05, 0.1) is 16.6 Å². The maximum atomic E-state index is 12.8. The van der Waals surface area contributed by atoms with Crippen molar-refractivity contribution in [1.29, 1.82) is 0 Å². The number of amides is 1. The van der Waals surface area contributed by atoms with E-state index in [9.17, 15) is 22.8 Å². The van der Waals surface area contributed by atoms with Gasteiger partial charge in [-0.05, 0) is 51.9 Å². The molecule has 9 heteroatoms. The lowest BCUT2D eigenvalue weighted by Gasteiger charge is -2.55. The van der Waals surface area contributed by atoms with Crippen LogP contribution in [0.5, 0.6) is 0 Å². The quantitative estimate of drug-likeness (QED) is 0.497. The summed E-state index contributed by atoms with van der Waals surface area (Å²) in [5.41, 5.74) is -3.35. The molecular formula is C19H29NO7S. The minimum absolute atomic E-state index is 0.145. The van der Waals surface area contributed by atoms with E-state index >= 15 is 0 Å². The molecule has 4 atom stereocenters. The van der Waals surface area contributed by atoms with Crippen LogP contribution in [0.25, 0.3) is 0 Å². The van der Waals surface area contributed by atoms with E-state index in [0.29, 0.717) is 38.5 Å². The zero-order chi connectivity index (χ0) is 21.0. The van der Waals surface area contributed by atoms with Gasteiger partial charge in [0.2, 0.25) is 16.4 Å². The molecule has 2 saturated carbocycles. The van der Waals surface area contributed by atoms with E-state index in [2.05, 4.69) is 0 Å². The van der Waals surface area contributed by atoms with Crippen LogP contribution < -0.4 is 4.72 Å². The van der Waals surface area contributed by atoms with Crippen molar-refractivity contribution in [1.82, 2.24) is 4.72 Å². The molecule has 2 saturated heterocycles. The Morgan fingerprint density at radius 2 is 2.00 bits per heavy atom. The Bertz CT molecular complexity index is 807. The van der Waals surface area contributed by atoms with Crippen molar-refractivity contribution in [3.8, 4) is 0 Å². The second-order valence-electron chi connectivity index (χ2n) is 9.83. The monoisotopic (exact) mass is 415 g/mol. The highest BCUT2D eigenvalue weighted by Crippen LogP contribution is 2.62. The van der Waals surface area contributed by atoms with E-state index in [1.54, 1.807) is 20.8 Å². The summed E-state index contributed by atoms with van der Waals surface area (Å²) in [6.45, 7) is 7.27. The molecule has 0 radical (unpaired) electrons. The Kier molecular flexibility index (Phi) is 4.84. The van der Waals surface area contributed by atoms with Crippen LogP contribution in [-0.4, -0.2) is 44.2 Å². The lowest BCUT2D eigenvalue weighted by molar-refractivity contribution is -0.194. The van der Waals surface area contributed by atoms with Crippen molar-refractivity contribution in [2.24, 2.45) is 16.2 Å². The molecule has 0 aromatic rings. The van der Waals surface area contributed by atoms with E-state index in [1.807, 2.05) is 11.6 Å². The molecule has 1 N–H and O–H groups in total. The molecular weight excluding hydrogens is 386 g/mol. The normalized spacial score (nSPS) is 37.1. The number of hydrogen-bond donors (Lipinski definition) is 1. The molecule has 0 spiro atoms. The summed E-state index contributed by atoms with van der Waals surface area (Å²) in [6, 6.07) is 0. The van der Waals surface area contributed by atoms with Crippen LogP contribution in [0.4, 0.5) is 0 Å². The van der Waals surface area contributed by atoms with Crippen molar-refractivity contribution in [3.05, 3.63) is 0 Å². The van der Waals surface area contributed by atoms with Crippen LogP contribution >= 0.6 is 0 Å². The van der Waals surface area contributed by atoms with Gasteiger partial charge in [-0.3, -0.25) is 19.1 Å². The summed E-state index contributed by atoms with van der Waals surface area (Å²) in [4.78, 5) is 36.3. The molecule has 8 nitrogen and oxygen atoms in total. The lowest BCUT2D eigenvalue weighted by atomic mass is 9.53. The van der Waals surface area contributed by atoms with Crippen molar-refractivity contribution in [3.63, 3.8) is 0 Å². The first-order valence-corrected chi connectivity index (χ1v) is 11.3. The van der Waals surface area contributed by atoms with Crippen LogP contribution in [0.3, 0.4) is 0 Å². The number of rotatable bonds is 7. The maximum Gasteiger partial charge on any atom is 0.312 e. The van der Waals surface area contributed by atoms with Crippen molar-refractivity contribution in [2.45, 2.75) is 77.9 Å². The topological polar surface area (TPSA) is 116 Å². The van der Waals surface area contributed by atoms with Crippen LogP contribution in [0.1, 0.15) is 66.2 Å². The zero-order valence-corrected chi connectivity index (χ0v) is 17.7. The van der Waals surface area contributed by atoms with Crippen molar-refractivity contribution in [2.75, 3.05) is 5.75 Å². The van der Waals surface area contributed by atoms with Gasteiger partial charge in [0.15, 0.2) is 0 Å². The highest BCUT2D eigenvalue weighted by atomic mass is 32.2. The van der Waals surface area contributed by atoms with Gasteiger partial charge in [0.25, 0.3) is 0 Å². The summed E-state index contributed by atoms with van der Waals surface area (Å²) in [7, 11) is -3.87. The van der Waals surface area contributed by atoms with Gasteiger partial charge in [0, 0.05) is 12.8 Å². The summed E-state index contributed by atoms with van der Waals surface area (Å²) < 4.78 is 38.3. The number of sulfonamides is 1. The van der Waals surface area contributed by atoms with Gasteiger partial charge in [-0.25, -0.2) is 8.42 Å². The summed E-state index contributed by atoms with van der Waals surface area (Å²) >= 11 is 0. The second-order valence-corrected chi connectivity index (χ2v) is 11.6. The molecule has 2 heterocycles. The molecule has 1 amide bonds. The van der Waals surface area contributed by atoms with E-state index in [1.165, 1.54) is 0 Å². The number of ether oxygens (including phenoxy) is 2. The fourth-order valence-electron chi connectivity index (χ4n) is 5.46. The lowest BCUT2D eigenvalue weighted by Crippen LogP contribution is -2.58. The smallest absolute Gasteiger partial charge is 0.312 e. The van der Waals surface area contributed by atoms with Crippen LogP contribution in [0.15, 0.2) is 0 Å². The SMILES string of the molecule is CCC(C)(C)C(=O)OC12CC3CC(CS(=O)(=O)NC=O)(C1)CC(C)(C2)C(=O)O3. The average molecular weight is 416 g/mol. The molecule has 4 unspecified atom stereocenters. The number of fused-ring (bicyclic) bond motifs is 1. The van der Waals surface area contributed by atoms with E-state index < -0.39 is 38.0 Å². The number of carbonyl (C=O) groups excluding carboxylic acids is 3. The van der Waals surface area contributed by atoms with E-state index in [4.69, 9.17) is 9.47 Å². The van der Waals surface area contributed by atoms with E-state index in [0.717, 1.165) is 0 Å². The van der Waals surface area contributed by atoms with Crippen LogP contribution in [0, 0.1) is 16.2 Å². The Morgan fingerprint density at radius 3 is 2.61 bits per heavy atom. The van der Waals surface area contributed by atoms with Crippen LogP contribution in [-0.2, 0) is 33.9 Å². The van der Waals surface area contributed by atoms with Gasteiger partial charge >= 0.3 is 11.9 Å². The zero-order valence-electron chi connectivity index (χ0n) is 16.9. The third-order valence-corrected chi connectivity index (χ3v) is 8.12. The molecule has 2 aliphatic heterocycles. The second kappa shape index (κ2) is 6.43. The molecule has 4 rings (SSSR count). The predicted molar refractivity (Wildman–Crippen MR) is 99.4 cm³/mol. The summed E-state index contributed by atoms with van der Waals surface area (Å²) in [5, 5.41) is 0. The minimum atomic E-state index is -3.87. The van der Waals surface area contributed by atoms with E-state index in [-0.39, 0.29) is 24.1 Å². The Morgan fingerprint density at radius 1 is 1.32 bits per heavy atom. The molecule has 0 aromatic carbocycles. The predicted octanol–water partition coefficient (Wildman–Crippen LogP) is 1.68. The highest BCUT2D eigenvalue weighted by Gasteiger charge is 2.66. The Labute approximate surface area is 165 Å². The summed E-state index contributed by atoms with van der Waals surface area (Å²) in [6.07, 6.45) is 1.99. The van der Waals surface area contributed by atoms with Gasteiger partial charge in [-0.1, -0.05) is 6.92 Å². The Balaban J connectivity index is 2.00. The first-order valence-electron chi connectivity index (χ1n) is 9.67. The fraction of sp³-hybridized carbons (Fsp3) is 0.842. The minimum Gasteiger partial charge on any atom is -0.462 e. The third kappa shape index (κ3) is 3.65. The standard InChI is InChI=1S/C19H29NO7S/c1-5-16(2,3)14(22)27-19-7-13-6-18(10-19,11-28(24,25)20-12-21)8-17(4,9-19)15(23)26-13/h12-13H,5-11H2,1-4H3,(H,20,21). The molecule has 2 aliphatic carbocycles. The first-order chi connectivity index (χ1) is 12.8. The Hall–Kier alpha value is -1.64. The van der Waals surface area contributed by atoms with Crippen LogP contribution in [0.2, 0.25) is 0 Å². The number of carbonyl (C=O) groups is 3. The average Bonchev–Trinajstić information content (AvgIpc) is 2.63. The van der Waals surface area contributed by atoms with Gasteiger partial charge in [0.1, 0.15) is 11.7 Å². The molecule has 158 valence electrons. The van der Waals surface area contributed by atoms with Crippen molar-refractivity contribution < 1.29 is 32.3 Å². The molecule has 28 heavy (non-hydrogen) atoms. The fourth-order valence-corrected chi connectivity index (χ4v) is 6.82. The summed E-state index contributed by atoms with van der Waals surface area (Å²) in [5.74, 6) is -1.03. The third-order valence-electron chi connectivity index (χ3n) is 6.67. The maximum absolute atomic E-state index is 12.8. The number of esters is 2. The highest BCUT2D eigenvalue weighted by molar-refractivity contribution is 7.90. The van der Waals surface area contributed by atoms with Gasteiger partial charge in [-0.2, -0.15) is 0 Å². The number of nitrogens with one attached hydrogen (secondary N) is 1. The molecule has 4 aliphatic rings. The van der Waals surface area contributed by atoms with Gasteiger partial charge in [-0.15, -0.1) is 0 Å². The largest absolute Gasteiger partial charge is 0.462 e. The molecule has 4 bridgehead atoms. The molecule has 4 fully saturated rings.